The van der Waals surface area contributed by atoms with E-state index in [0.29, 0.717) is 6.04 Å². The zero-order chi connectivity index (χ0) is 4.57. The maximum atomic E-state index is 5.48. The molecule has 1 heteroatoms. The van der Waals surface area contributed by atoms with Gasteiger partial charge in [0.05, 0.1) is 0 Å². The van der Waals surface area contributed by atoms with Crippen molar-refractivity contribution in [3.63, 3.8) is 0 Å². The first-order valence-electron chi connectivity index (χ1n) is 2.60. The highest BCUT2D eigenvalue weighted by Crippen LogP contribution is 2.30. The molecule has 1 fully saturated rings. The predicted molar refractivity (Wildman–Crippen MR) is 26.4 cm³/mol. The summed E-state index contributed by atoms with van der Waals surface area (Å²) in [6.07, 6.45) is 2.55. The zero-order valence-electron chi connectivity index (χ0n) is 4.15. The topological polar surface area (TPSA) is 26.0 Å². The van der Waals surface area contributed by atoms with Crippen molar-refractivity contribution in [3.8, 4) is 0 Å². The Bertz CT molecular complexity index is 49.9. The Kier molecular flexibility index (Phi) is 0.845. The molecule has 0 aromatic carbocycles. The van der Waals surface area contributed by atoms with Gasteiger partial charge in [0, 0.05) is 6.04 Å². The summed E-state index contributed by atoms with van der Waals surface area (Å²) in [5, 5.41) is 0. The summed E-state index contributed by atoms with van der Waals surface area (Å²) in [6, 6.07) is 0.565. The van der Waals surface area contributed by atoms with Gasteiger partial charge in [0.1, 0.15) is 0 Å². The molecule has 0 spiro atoms. The van der Waals surface area contributed by atoms with Crippen LogP contribution in [0.3, 0.4) is 0 Å². The third kappa shape index (κ3) is 0.548. The first-order chi connectivity index (χ1) is 2.84. The molecule has 0 bridgehead atoms. The summed E-state index contributed by atoms with van der Waals surface area (Å²) in [5.74, 6) is 0.880. The SMILES string of the molecule is CC[C@@H]1C[C@@H]1N. The largest absolute Gasteiger partial charge is 0.327 e. The summed E-state index contributed by atoms with van der Waals surface area (Å²) < 4.78 is 0. The molecule has 6 heavy (non-hydrogen) atoms. The summed E-state index contributed by atoms with van der Waals surface area (Å²) >= 11 is 0. The molecule has 0 radical (unpaired) electrons. The molecule has 0 saturated heterocycles. The van der Waals surface area contributed by atoms with E-state index in [1.165, 1.54) is 12.8 Å². The molecule has 2 atom stereocenters. The molecule has 1 aliphatic carbocycles. The van der Waals surface area contributed by atoms with Crippen LogP contribution in [0.4, 0.5) is 0 Å². The maximum Gasteiger partial charge on any atom is 0.00708 e. The summed E-state index contributed by atoms with van der Waals surface area (Å²) in [7, 11) is 0. The average molecular weight is 85.2 g/mol. The second-order valence-corrected chi connectivity index (χ2v) is 2.07. The Morgan fingerprint density at radius 3 is 2.33 bits per heavy atom. The average Bonchev–Trinajstić information content (AvgIpc) is 2.19. The van der Waals surface area contributed by atoms with E-state index in [1.54, 1.807) is 0 Å². The van der Waals surface area contributed by atoms with Crippen molar-refractivity contribution < 1.29 is 0 Å². The summed E-state index contributed by atoms with van der Waals surface area (Å²) in [6.45, 7) is 2.19. The Labute approximate surface area is 38.5 Å². The van der Waals surface area contributed by atoms with E-state index in [9.17, 15) is 0 Å². The minimum Gasteiger partial charge on any atom is -0.327 e. The molecule has 2 N–H and O–H groups in total. The van der Waals surface area contributed by atoms with Gasteiger partial charge < -0.3 is 5.73 Å². The van der Waals surface area contributed by atoms with Crippen LogP contribution in [-0.2, 0) is 0 Å². The van der Waals surface area contributed by atoms with Gasteiger partial charge in [-0.2, -0.15) is 0 Å². The molecule has 1 aliphatic rings. The zero-order valence-corrected chi connectivity index (χ0v) is 4.15. The summed E-state index contributed by atoms with van der Waals surface area (Å²) in [4.78, 5) is 0. The van der Waals surface area contributed by atoms with Crippen molar-refractivity contribution in [1.82, 2.24) is 0 Å². The molecule has 0 aromatic rings. The van der Waals surface area contributed by atoms with E-state index >= 15 is 0 Å². The lowest BCUT2D eigenvalue weighted by Gasteiger charge is -1.79. The van der Waals surface area contributed by atoms with Crippen molar-refractivity contribution >= 4 is 0 Å². The van der Waals surface area contributed by atoms with Crippen molar-refractivity contribution in [1.29, 1.82) is 0 Å². The monoisotopic (exact) mass is 85.1 g/mol. The second-order valence-electron chi connectivity index (χ2n) is 2.07. The molecule has 0 aromatic heterocycles. The Morgan fingerprint density at radius 2 is 2.33 bits per heavy atom. The number of rotatable bonds is 1. The van der Waals surface area contributed by atoms with Crippen LogP contribution in [0.2, 0.25) is 0 Å². The highest BCUT2D eigenvalue weighted by molar-refractivity contribution is 4.88. The third-order valence-electron chi connectivity index (χ3n) is 1.50. The van der Waals surface area contributed by atoms with Crippen LogP contribution in [-0.4, -0.2) is 6.04 Å². The van der Waals surface area contributed by atoms with Gasteiger partial charge in [-0.15, -0.1) is 0 Å². The lowest BCUT2D eigenvalue weighted by atomic mass is 10.3. The molecule has 1 rings (SSSR count). The minimum absolute atomic E-state index is 0.565. The van der Waals surface area contributed by atoms with Gasteiger partial charge in [-0.3, -0.25) is 0 Å². The molecule has 0 amide bonds. The fourth-order valence-electron chi connectivity index (χ4n) is 0.740. The van der Waals surface area contributed by atoms with Crippen LogP contribution in [0.25, 0.3) is 0 Å². The van der Waals surface area contributed by atoms with Gasteiger partial charge in [-0.25, -0.2) is 0 Å². The quantitative estimate of drug-likeness (QED) is 0.499. The highest BCUT2D eigenvalue weighted by Gasteiger charge is 2.30. The van der Waals surface area contributed by atoms with E-state index in [2.05, 4.69) is 6.92 Å². The molecular formula is C5H11N. The van der Waals surface area contributed by atoms with Crippen LogP contribution < -0.4 is 5.73 Å². The standard InChI is InChI=1S/C5H11N/c1-2-4-3-5(4)6/h4-5H,2-3,6H2,1H3/t4-,5+/m1/s1. The van der Waals surface area contributed by atoms with E-state index in [-0.39, 0.29) is 0 Å². The first-order valence-corrected chi connectivity index (χ1v) is 2.60. The van der Waals surface area contributed by atoms with Crippen LogP contribution in [0, 0.1) is 5.92 Å². The lowest BCUT2D eigenvalue weighted by Crippen LogP contribution is -2.00. The van der Waals surface area contributed by atoms with Gasteiger partial charge in [-0.05, 0) is 12.3 Å². The van der Waals surface area contributed by atoms with Crippen molar-refractivity contribution in [2.45, 2.75) is 25.8 Å². The Balaban J connectivity index is 2.09. The van der Waals surface area contributed by atoms with Crippen LogP contribution >= 0.6 is 0 Å². The number of nitrogens with two attached hydrogens (primary N) is 1. The van der Waals surface area contributed by atoms with Crippen molar-refractivity contribution in [2.75, 3.05) is 0 Å². The van der Waals surface area contributed by atoms with Crippen LogP contribution in [0.5, 0.6) is 0 Å². The van der Waals surface area contributed by atoms with Crippen LogP contribution in [0.1, 0.15) is 19.8 Å². The Hall–Kier alpha value is -0.0400. The van der Waals surface area contributed by atoms with E-state index < -0.39 is 0 Å². The van der Waals surface area contributed by atoms with Gasteiger partial charge in [-0.1, -0.05) is 13.3 Å². The van der Waals surface area contributed by atoms with Gasteiger partial charge in [0.15, 0.2) is 0 Å². The first kappa shape index (κ1) is 4.13. The Morgan fingerprint density at radius 1 is 1.83 bits per heavy atom. The van der Waals surface area contributed by atoms with Crippen molar-refractivity contribution in [2.24, 2.45) is 11.7 Å². The van der Waals surface area contributed by atoms with Gasteiger partial charge in [0.2, 0.25) is 0 Å². The molecular weight excluding hydrogens is 74.1 g/mol. The van der Waals surface area contributed by atoms with Gasteiger partial charge in [0.25, 0.3) is 0 Å². The number of hydrogen-bond donors (Lipinski definition) is 1. The predicted octanol–water partition coefficient (Wildman–Crippen LogP) is 0.744. The van der Waals surface area contributed by atoms with Crippen LogP contribution in [0.15, 0.2) is 0 Å². The highest BCUT2D eigenvalue weighted by atomic mass is 14.7. The second kappa shape index (κ2) is 1.23. The molecule has 0 aliphatic heterocycles. The maximum absolute atomic E-state index is 5.48. The normalized spacial score (nSPS) is 43.0. The van der Waals surface area contributed by atoms with E-state index in [1.807, 2.05) is 0 Å². The molecule has 0 heterocycles. The molecule has 36 valence electrons. The fraction of sp³-hybridized carbons (Fsp3) is 1.00. The third-order valence-corrected chi connectivity index (χ3v) is 1.50. The molecule has 1 nitrogen and oxygen atoms in total. The van der Waals surface area contributed by atoms with Gasteiger partial charge >= 0.3 is 0 Å². The van der Waals surface area contributed by atoms with Crippen molar-refractivity contribution in [3.05, 3.63) is 0 Å². The smallest absolute Gasteiger partial charge is 0.00708 e. The number of hydrogen-bond acceptors (Lipinski definition) is 1. The fourth-order valence-corrected chi connectivity index (χ4v) is 0.740. The summed E-state index contributed by atoms with van der Waals surface area (Å²) in [5.41, 5.74) is 5.48. The lowest BCUT2D eigenvalue weighted by molar-refractivity contribution is 0.759. The van der Waals surface area contributed by atoms with E-state index in [0.717, 1.165) is 5.92 Å². The van der Waals surface area contributed by atoms with E-state index in [4.69, 9.17) is 5.73 Å². The molecule has 0 unspecified atom stereocenters. The minimum atomic E-state index is 0.565. The molecule has 1 saturated carbocycles.